The van der Waals surface area contributed by atoms with E-state index in [9.17, 15) is 14.7 Å². The molecule has 0 spiro atoms. The van der Waals surface area contributed by atoms with E-state index >= 15 is 0 Å². The molecule has 1 aliphatic rings. The Morgan fingerprint density at radius 3 is 2.35 bits per heavy atom. The summed E-state index contributed by atoms with van der Waals surface area (Å²) < 4.78 is 4.63. The topological polar surface area (TPSA) is 78.5 Å². The zero-order valence-corrected chi connectivity index (χ0v) is 13.4. The Balaban J connectivity index is 1.82. The molecule has 0 aromatic heterocycles. The third-order valence-electron chi connectivity index (χ3n) is 4.11. The Morgan fingerprint density at radius 1 is 1.17 bits per heavy atom. The molecule has 1 N–H and O–H groups in total. The van der Waals surface area contributed by atoms with Gasteiger partial charge < -0.3 is 15.0 Å². The predicted octanol–water partition coefficient (Wildman–Crippen LogP) is 1.49. The zero-order valence-electron chi connectivity index (χ0n) is 13.4. The summed E-state index contributed by atoms with van der Waals surface area (Å²) in [6.07, 6.45) is 2.47. The van der Waals surface area contributed by atoms with Crippen molar-refractivity contribution in [3.05, 3.63) is 35.4 Å². The molecule has 1 aliphatic heterocycles. The van der Waals surface area contributed by atoms with Gasteiger partial charge in [-0.2, -0.15) is 0 Å². The van der Waals surface area contributed by atoms with Gasteiger partial charge in [0.15, 0.2) is 0 Å². The smallest absolute Gasteiger partial charge is 0.337 e. The number of amides is 1. The number of methoxy groups -OCH3 is 1. The van der Waals surface area contributed by atoms with E-state index in [4.69, 9.17) is 0 Å². The van der Waals surface area contributed by atoms with Crippen molar-refractivity contribution in [3.8, 4) is 0 Å². The van der Waals surface area contributed by atoms with Crippen molar-refractivity contribution in [3.63, 3.8) is 0 Å². The summed E-state index contributed by atoms with van der Waals surface area (Å²) in [4.78, 5) is 25.9. The molecule has 0 unspecified atom stereocenters. The normalized spacial score (nSPS) is 16.1. The molecule has 1 saturated heterocycles. The minimum absolute atomic E-state index is 0.0295. The van der Waals surface area contributed by atoms with Crippen molar-refractivity contribution < 1.29 is 19.4 Å². The van der Waals surface area contributed by atoms with Crippen molar-refractivity contribution in [1.29, 1.82) is 0 Å². The molecule has 1 fully saturated rings. The Bertz CT molecular complexity index is 522. The van der Waals surface area contributed by atoms with Gasteiger partial charge in [0.25, 0.3) is 5.91 Å². The number of carbonyl (C=O) groups excluding carboxylic acids is 2. The highest BCUT2D eigenvalue weighted by molar-refractivity contribution is 5.96. The van der Waals surface area contributed by atoms with Gasteiger partial charge in [0.05, 0.1) is 19.3 Å². The Morgan fingerprint density at radius 2 is 1.78 bits per heavy atom. The van der Waals surface area contributed by atoms with Crippen molar-refractivity contribution in [2.24, 2.45) is 0 Å². The van der Waals surface area contributed by atoms with E-state index < -0.39 is 5.97 Å². The fourth-order valence-corrected chi connectivity index (χ4v) is 2.73. The van der Waals surface area contributed by atoms with Gasteiger partial charge in [0.2, 0.25) is 0 Å². The van der Waals surface area contributed by atoms with E-state index in [1.165, 1.54) is 7.11 Å². The molecular weight excluding hydrogens is 296 g/mol. The van der Waals surface area contributed by atoms with Crippen LogP contribution in [0.2, 0.25) is 0 Å². The van der Waals surface area contributed by atoms with Gasteiger partial charge in [-0.25, -0.2) is 9.90 Å². The van der Waals surface area contributed by atoms with Crippen LogP contribution in [0.5, 0.6) is 0 Å². The highest BCUT2D eigenvalue weighted by atomic mass is 16.5. The highest BCUT2D eigenvalue weighted by Gasteiger charge is 2.21. The van der Waals surface area contributed by atoms with E-state index in [1.807, 2.05) is 0 Å². The number of hydrogen-bond acceptors (Lipinski definition) is 4. The maximum absolute atomic E-state index is 12.2. The van der Waals surface area contributed by atoms with Crippen LogP contribution >= 0.6 is 0 Å². The molecule has 6 nitrogen and oxygen atoms in total. The van der Waals surface area contributed by atoms with E-state index in [0.29, 0.717) is 17.5 Å². The number of nitrogens with zero attached hydrogens (tertiary/aromatic N) is 1. The fourth-order valence-electron chi connectivity index (χ4n) is 2.73. The summed E-state index contributed by atoms with van der Waals surface area (Å²) in [5.74, 6) is -0.540. The second kappa shape index (κ2) is 8.64. The molecule has 6 heteroatoms. The van der Waals surface area contributed by atoms with Crippen molar-refractivity contribution in [1.82, 2.24) is 10.2 Å². The van der Waals surface area contributed by atoms with Crippen LogP contribution in [0.4, 0.5) is 0 Å². The van der Waals surface area contributed by atoms with Crippen molar-refractivity contribution in [2.45, 2.75) is 25.3 Å². The quantitative estimate of drug-likeness (QED) is 0.806. The molecule has 1 heterocycles. The largest absolute Gasteiger partial charge is 0.465 e. The van der Waals surface area contributed by atoms with Crippen LogP contribution in [0.15, 0.2) is 24.3 Å². The molecule has 2 rings (SSSR count). The van der Waals surface area contributed by atoms with Gasteiger partial charge in [-0.3, -0.25) is 4.79 Å². The summed E-state index contributed by atoms with van der Waals surface area (Å²) in [5, 5.41) is 13.5. The molecule has 0 bridgehead atoms. The van der Waals surface area contributed by atoms with Gasteiger partial charge in [-0.1, -0.05) is 0 Å². The lowest BCUT2D eigenvalue weighted by atomic mass is 10.0. The van der Waals surface area contributed by atoms with Gasteiger partial charge in [-0.05, 0) is 43.5 Å². The van der Waals surface area contributed by atoms with Crippen LogP contribution in [0.3, 0.4) is 0 Å². The van der Waals surface area contributed by atoms with E-state index in [0.717, 1.165) is 32.5 Å². The molecule has 1 radical (unpaired) electrons. The molecule has 1 aromatic carbocycles. The summed E-state index contributed by atoms with van der Waals surface area (Å²) >= 11 is 0. The lowest BCUT2D eigenvalue weighted by molar-refractivity contribution is 0.0600. The summed E-state index contributed by atoms with van der Waals surface area (Å²) in [5.41, 5.74) is 0.960. The molecule has 0 atom stereocenters. The number of nitrogens with one attached hydrogen (secondary N) is 1. The minimum Gasteiger partial charge on any atom is -0.465 e. The third-order valence-corrected chi connectivity index (χ3v) is 4.11. The van der Waals surface area contributed by atoms with Gasteiger partial charge in [0.1, 0.15) is 0 Å². The molecule has 23 heavy (non-hydrogen) atoms. The average molecular weight is 319 g/mol. The predicted molar refractivity (Wildman–Crippen MR) is 84.9 cm³/mol. The highest BCUT2D eigenvalue weighted by Crippen LogP contribution is 2.12. The van der Waals surface area contributed by atoms with Crippen LogP contribution in [0.1, 0.15) is 40.0 Å². The van der Waals surface area contributed by atoms with Crippen molar-refractivity contribution >= 4 is 11.9 Å². The second-order valence-corrected chi connectivity index (χ2v) is 5.72. The van der Waals surface area contributed by atoms with E-state index in [-0.39, 0.29) is 18.6 Å². The zero-order chi connectivity index (χ0) is 16.7. The Hall–Kier alpha value is -1.92. The first-order chi connectivity index (χ1) is 11.1. The fraction of sp³-hybridized carbons (Fsp3) is 0.529. The molecule has 1 amide bonds. The number of hydrogen-bond donors (Lipinski definition) is 1. The van der Waals surface area contributed by atoms with Crippen LogP contribution in [-0.2, 0) is 9.84 Å². The molecule has 125 valence electrons. The maximum atomic E-state index is 12.2. The number of benzene rings is 1. The standard InChI is InChI=1S/C17H23N2O4/c1-23-17(22)14-5-3-13(4-6-14)16(21)18-15-7-10-19(11-8-15)9-2-12-20/h3-6,15H,2,7-12H2,1H3,(H,18,21). The van der Waals surface area contributed by atoms with Crippen LogP contribution < -0.4 is 5.32 Å². The maximum Gasteiger partial charge on any atom is 0.337 e. The number of likely N-dealkylation sites (tertiary alicyclic amines) is 1. The third kappa shape index (κ3) is 5.04. The number of esters is 1. The van der Waals surface area contributed by atoms with Crippen LogP contribution in [-0.4, -0.2) is 56.2 Å². The number of rotatable bonds is 6. The first-order valence-corrected chi connectivity index (χ1v) is 7.93. The first kappa shape index (κ1) is 17.4. The Labute approximate surface area is 136 Å². The lowest BCUT2D eigenvalue weighted by Crippen LogP contribution is -2.44. The lowest BCUT2D eigenvalue weighted by Gasteiger charge is -2.32. The molecular formula is C17H23N2O4. The van der Waals surface area contributed by atoms with Gasteiger partial charge in [-0.15, -0.1) is 0 Å². The monoisotopic (exact) mass is 319 g/mol. The summed E-state index contributed by atoms with van der Waals surface area (Å²) in [7, 11) is 1.33. The van der Waals surface area contributed by atoms with Crippen LogP contribution in [0, 0.1) is 0 Å². The van der Waals surface area contributed by atoms with E-state index in [2.05, 4.69) is 15.0 Å². The van der Waals surface area contributed by atoms with Crippen LogP contribution in [0.25, 0.3) is 0 Å². The SMILES string of the molecule is COC(=O)c1ccc(C(=O)NC2CCN(CCC[O])CC2)cc1. The number of ether oxygens (including phenoxy) is 1. The molecule has 1 aromatic rings. The van der Waals surface area contributed by atoms with Crippen molar-refractivity contribution in [2.75, 3.05) is 33.4 Å². The molecule has 0 saturated carbocycles. The number of carbonyl (C=O) groups is 2. The van der Waals surface area contributed by atoms with Gasteiger partial charge >= 0.3 is 5.97 Å². The summed E-state index contributed by atoms with van der Waals surface area (Å²) in [6, 6.07) is 6.60. The minimum atomic E-state index is -0.414. The first-order valence-electron chi connectivity index (χ1n) is 7.93. The van der Waals surface area contributed by atoms with Gasteiger partial charge in [0, 0.05) is 31.2 Å². The molecule has 0 aliphatic carbocycles. The number of piperidine rings is 1. The Kier molecular flexibility index (Phi) is 6.55. The summed E-state index contributed by atoms with van der Waals surface area (Å²) in [6.45, 7) is 2.63. The second-order valence-electron chi connectivity index (χ2n) is 5.72. The average Bonchev–Trinajstić information content (AvgIpc) is 2.60. The van der Waals surface area contributed by atoms with E-state index in [1.54, 1.807) is 24.3 Å².